The molecule has 14 heavy (non-hydrogen) atoms. The van der Waals surface area contributed by atoms with Gasteiger partial charge in [0.15, 0.2) is 0 Å². The van der Waals surface area contributed by atoms with Gasteiger partial charge in [0.25, 0.3) is 0 Å². The summed E-state index contributed by atoms with van der Waals surface area (Å²) >= 11 is 1.57. The van der Waals surface area contributed by atoms with Crippen molar-refractivity contribution < 1.29 is 9.53 Å². The number of rotatable bonds is 2. The smallest absolute Gasteiger partial charge is 0.310 e. The van der Waals surface area contributed by atoms with Crippen LogP contribution in [0.1, 0.15) is 30.7 Å². The van der Waals surface area contributed by atoms with Crippen molar-refractivity contribution in [1.29, 1.82) is 0 Å². The lowest BCUT2D eigenvalue weighted by Crippen LogP contribution is -2.09. The van der Waals surface area contributed by atoms with Crippen LogP contribution in [0.5, 0.6) is 0 Å². The zero-order chi connectivity index (χ0) is 10.8. The van der Waals surface area contributed by atoms with Gasteiger partial charge in [-0.2, -0.15) is 0 Å². The Balaban J connectivity index is 2.74. The van der Waals surface area contributed by atoms with Crippen LogP contribution in [0.4, 0.5) is 0 Å². The highest BCUT2D eigenvalue weighted by Gasteiger charge is 2.18. The fraction of sp³-hybridized carbons (Fsp3) is 0.600. The standard InChI is InChI=1S/C10H15NO2S/c1-10(2,3)9-11-6-7(14-9)5-8(12)13-4/h6H,5H2,1-4H3. The zero-order valence-corrected chi connectivity index (χ0v) is 9.77. The van der Waals surface area contributed by atoms with Gasteiger partial charge < -0.3 is 4.74 Å². The molecule has 78 valence electrons. The van der Waals surface area contributed by atoms with Gasteiger partial charge in [-0.05, 0) is 0 Å². The SMILES string of the molecule is COC(=O)Cc1cnc(C(C)(C)C)s1. The molecule has 1 heterocycles. The van der Waals surface area contributed by atoms with Gasteiger partial charge in [-0.15, -0.1) is 11.3 Å². The van der Waals surface area contributed by atoms with Gasteiger partial charge in [-0.1, -0.05) is 20.8 Å². The highest BCUT2D eigenvalue weighted by atomic mass is 32.1. The summed E-state index contributed by atoms with van der Waals surface area (Å²) in [5, 5.41) is 1.05. The number of methoxy groups -OCH3 is 1. The molecule has 0 bridgehead atoms. The summed E-state index contributed by atoms with van der Waals surface area (Å²) in [5.74, 6) is -0.214. The van der Waals surface area contributed by atoms with Crippen molar-refractivity contribution in [2.75, 3.05) is 7.11 Å². The van der Waals surface area contributed by atoms with Crippen molar-refractivity contribution in [1.82, 2.24) is 4.98 Å². The van der Waals surface area contributed by atoms with E-state index in [0.717, 1.165) is 9.88 Å². The second kappa shape index (κ2) is 4.09. The van der Waals surface area contributed by atoms with Crippen LogP contribution >= 0.6 is 11.3 Å². The van der Waals surface area contributed by atoms with Crippen molar-refractivity contribution in [2.45, 2.75) is 32.6 Å². The van der Waals surface area contributed by atoms with E-state index in [1.807, 2.05) is 0 Å². The van der Waals surface area contributed by atoms with E-state index in [1.165, 1.54) is 7.11 Å². The molecule has 0 aliphatic heterocycles. The number of carbonyl (C=O) groups excluding carboxylic acids is 1. The number of ether oxygens (including phenoxy) is 1. The molecule has 0 atom stereocenters. The highest BCUT2D eigenvalue weighted by molar-refractivity contribution is 7.11. The van der Waals surface area contributed by atoms with E-state index >= 15 is 0 Å². The molecule has 0 unspecified atom stereocenters. The van der Waals surface area contributed by atoms with Gasteiger partial charge in [0.1, 0.15) is 0 Å². The van der Waals surface area contributed by atoms with Crippen LogP contribution in [0.2, 0.25) is 0 Å². The lowest BCUT2D eigenvalue weighted by molar-refractivity contribution is -0.139. The Labute approximate surface area is 88.1 Å². The molecule has 1 aromatic heterocycles. The number of esters is 1. The average Bonchev–Trinajstić information content (AvgIpc) is 2.51. The van der Waals surface area contributed by atoms with E-state index < -0.39 is 0 Å². The summed E-state index contributed by atoms with van der Waals surface area (Å²) in [5.41, 5.74) is 0.0546. The molecule has 0 radical (unpaired) electrons. The van der Waals surface area contributed by atoms with E-state index in [0.29, 0.717) is 6.42 Å². The third-order valence-corrected chi connectivity index (χ3v) is 3.16. The maximum Gasteiger partial charge on any atom is 0.310 e. The van der Waals surface area contributed by atoms with Gasteiger partial charge in [-0.3, -0.25) is 4.79 Å². The molecule has 0 aliphatic rings. The minimum Gasteiger partial charge on any atom is -0.469 e. The van der Waals surface area contributed by atoms with Crippen LogP contribution < -0.4 is 0 Å². The van der Waals surface area contributed by atoms with Gasteiger partial charge in [0.2, 0.25) is 0 Å². The van der Waals surface area contributed by atoms with Crippen LogP contribution in [0.15, 0.2) is 6.20 Å². The van der Waals surface area contributed by atoms with Gasteiger partial charge >= 0.3 is 5.97 Å². The topological polar surface area (TPSA) is 39.2 Å². The van der Waals surface area contributed by atoms with E-state index in [-0.39, 0.29) is 11.4 Å². The third kappa shape index (κ3) is 2.80. The summed E-state index contributed by atoms with van der Waals surface area (Å²) in [6, 6.07) is 0. The molecule has 0 saturated heterocycles. The Bertz CT molecular complexity index is 325. The Morgan fingerprint density at radius 3 is 2.64 bits per heavy atom. The molecule has 4 heteroatoms. The normalized spacial score (nSPS) is 11.4. The second-order valence-electron chi connectivity index (χ2n) is 4.13. The fourth-order valence-electron chi connectivity index (χ4n) is 0.950. The highest BCUT2D eigenvalue weighted by Crippen LogP contribution is 2.26. The molecule has 0 fully saturated rings. The van der Waals surface area contributed by atoms with Crippen molar-refractivity contribution >= 4 is 17.3 Å². The summed E-state index contributed by atoms with van der Waals surface area (Å²) in [6.07, 6.45) is 2.08. The predicted molar refractivity (Wildman–Crippen MR) is 56.5 cm³/mol. The molecule has 0 aromatic carbocycles. The Hall–Kier alpha value is -0.900. The van der Waals surface area contributed by atoms with Crippen LogP contribution in [0, 0.1) is 0 Å². The van der Waals surface area contributed by atoms with Crippen LogP contribution in [0.3, 0.4) is 0 Å². The van der Waals surface area contributed by atoms with E-state index in [4.69, 9.17) is 0 Å². The molecule has 0 amide bonds. The number of hydrogen-bond donors (Lipinski definition) is 0. The van der Waals surface area contributed by atoms with Gasteiger partial charge in [-0.25, -0.2) is 4.98 Å². The van der Waals surface area contributed by atoms with E-state index in [2.05, 4.69) is 30.5 Å². The molecule has 1 rings (SSSR count). The van der Waals surface area contributed by atoms with Crippen molar-refractivity contribution in [3.8, 4) is 0 Å². The number of hydrogen-bond acceptors (Lipinski definition) is 4. The number of thiazole rings is 1. The molecule has 0 aliphatic carbocycles. The molecular formula is C10H15NO2S. The van der Waals surface area contributed by atoms with Crippen molar-refractivity contribution in [3.05, 3.63) is 16.1 Å². The van der Waals surface area contributed by atoms with E-state index in [9.17, 15) is 4.79 Å². The first-order chi connectivity index (χ1) is 6.43. The molecule has 0 spiro atoms. The fourth-order valence-corrected chi connectivity index (χ4v) is 1.91. The van der Waals surface area contributed by atoms with Gasteiger partial charge in [0.05, 0.1) is 18.5 Å². The molecule has 0 N–H and O–H groups in total. The quantitative estimate of drug-likeness (QED) is 0.707. The number of carbonyl (C=O) groups is 1. The first kappa shape index (κ1) is 11.2. The van der Waals surface area contributed by atoms with Crippen molar-refractivity contribution in [3.63, 3.8) is 0 Å². The predicted octanol–water partition coefficient (Wildman–Crippen LogP) is 2.16. The molecular weight excluding hydrogens is 198 g/mol. The maximum absolute atomic E-state index is 11.0. The summed E-state index contributed by atoms with van der Waals surface area (Å²) in [7, 11) is 1.40. The first-order valence-corrected chi connectivity index (χ1v) is 5.27. The Kier molecular flexibility index (Phi) is 3.26. The molecule has 0 saturated carbocycles. The van der Waals surface area contributed by atoms with Gasteiger partial charge in [0, 0.05) is 16.5 Å². The van der Waals surface area contributed by atoms with Crippen molar-refractivity contribution in [2.24, 2.45) is 0 Å². The largest absolute Gasteiger partial charge is 0.469 e. The number of aromatic nitrogens is 1. The zero-order valence-electron chi connectivity index (χ0n) is 8.96. The Morgan fingerprint density at radius 2 is 2.21 bits per heavy atom. The average molecular weight is 213 g/mol. The van der Waals surface area contributed by atoms with E-state index in [1.54, 1.807) is 17.5 Å². The van der Waals surface area contributed by atoms with Crippen LogP contribution in [0.25, 0.3) is 0 Å². The van der Waals surface area contributed by atoms with Crippen LogP contribution in [-0.4, -0.2) is 18.1 Å². The Morgan fingerprint density at radius 1 is 1.57 bits per heavy atom. The lowest BCUT2D eigenvalue weighted by atomic mass is 9.98. The minimum absolute atomic E-state index is 0.0546. The number of nitrogens with zero attached hydrogens (tertiary/aromatic N) is 1. The molecule has 1 aromatic rings. The first-order valence-electron chi connectivity index (χ1n) is 4.45. The lowest BCUT2D eigenvalue weighted by Gasteiger charge is -2.13. The van der Waals surface area contributed by atoms with Crippen LogP contribution in [-0.2, 0) is 21.4 Å². The summed E-state index contributed by atoms with van der Waals surface area (Å²) in [4.78, 5) is 16.2. The summed E-state index contributed by atoms with van der Waals surface area (Å²) in [6.45, 7) is 6.31. The second-order valence-corrected chi connectivity index (χ2v) is 5.25. The summed E-state index contributed by atoms with van der Waals surface area (Å²) < 4.78 is 4.59. The monoisotopic (exact) mass is 213 g/mol. The third-order valence-electron chi connectivity index (χ3n) is 1.74. The maximum atomic E-state index is 11.0. The minimum atomic E-state index is -0.214. The molecule has 3 nitrogen and oxygen atoms in total.